The lowest BCUT2D eigenvalue weighted by Crippen LogP contribution is -2.48. The number of H-pyrrole nitrogens is 1. The third-order valence-electron chi connectivity index (χ3n) is 3.71. The smallest absolute Gasteiger partial charge is 0.132 e. The van der Waals surface area contributed by atoms with Crippen LogP contribution in [0.25, 0.3) is 11.3 Å². The van der Waals surface area contributed by atoms with Gasteiger partial charge in [0.25, 0.3) is 0 Å². The zero-order valence-electron chi connectivity index (χ0n) is 11.6. The van der Waals surface area contributed by atoms with Crippen LogP contribution in [0.1, 0.15) is 12.5 Å². The first-order chi connectivity index (χ1) is 9.74. The van der Waals surface area contributed by atoms with E-state index in [0.717, 1.165) is 37.4 Å². The van der Waals surface area contributed by atoms with Gasteiger partial charge in [0.2, 0.25) is 0 Å². The highest BCUT2D eigenvalue weighted by Gasteiger charge is 2.18. The van der Waals surface area contributed by atoms with E-state index in [0.29, 0.717) is 11.6 Å². The number of nitrogens with one attached hydrogen (secondary N) is 2. The fourth-order valence-electron chi connectivity index (χ4n) is 2.72. The summed E-state index contributed by atoms with van der Waals surface area (Å²) < 4.78 is 13.9. The first-order valence-corrected chi connectivity index (χ1v) is 6.97. The molecule has 0 aliphatic carbocycles. The minimum Gasteiger partial charge on any atom is -0.312 e. The molecule has 2 N–H and O–H groups in total. The van der Waals surface area contributed by atoms with Gasteiger partial charge < -0.3 is 5.32 Å². The van der Waals surface area contributed by atoms with E-state index < -0.39 is 0 Å². The minimum absolute atomic E-state index is 0.216. The normalized spacial score (nSPS) is 20.2. The van der Waals surface area contributed by atoms with Crippen LogP contribution in [0.4, 0.5) is 4.39 Å². The summed E-state index contributed by atoms with van der Waals surface area (Å²) >= 11 is 0. The molecule has 1 aliphatic heterocycles. The molecule has 1 aromatic heterocycles. The van der Waals surface area contributed by atoms with Crippen molar-refractivity contribution >= 4 is 0 Å². The maximum absolute atomic E-state index is 13.9. The van der Waals surface area contributed by atoms with Gasteiger partial charge in [-0.2, -0.15) is 5.10 Å². The Kier molecular flexibility index (Phi) is 3.80. The van der Waals surface area contributed by atoms with Crippen LogP contribution in [0.5, 0.6) is 0 Å². The molecule has 106 valence electrons. The summed E-state index contributed by atoms with van der Waals surface area (Å²) in [5.41, 5.74) is 2.42. The van der Waals surface area contributed by atoms with E-state index in [1.807, 2.05) is 6.07 Å². The fraction of sp³-hybridized carbons (Fsp3) is 0.400. The molecule has 1 unspecified atom stereocenters. The molecule has 2 heterocycles. The van der Waals surface area contributed by atoms with Gasteiger partial charge in [0.15, 0.2) is 0 Å². The summed E-state index contributed by atoms with van der Waals surface area (Å²) in [6, 6.07) is 7.30. The Morgan fingerprint density at radius 1 is 1.40 bits per heavy atom. The van der Waals surface area contributed by atoms with E-state index in [1.54, 1.807) is 18.3 Å². The van der Waals surface area contributed by atoms with Crippen LogP contribution in [0.3, 0.4) is 0 Å². The Bertz CT molecular complexity index is 581. The summed E-state index contributed by atoms with van der Waals surface area (Å²) in [7, 11) is 0. The first kappa shape index (κ1) is 13.3. The highest BCUT2D eigenvalue weighted by molar-refractivity contribution is 5.63. The molecule has 2 aromatic rings. The Hall–Kier alpha value is -1.72. The zero-order valence-corrected chi connectivity index (χ0v) is 11.6. The van der Waals surface area contributed by atoms with Gasteiger partial charge in [-0.15, -0.1) is 0 Å². The molecular weight excluding hydrogens is 255 g/mol. The van der Waals surface area contributed by atoms with Gasteiger partial charge in [0.1, 0.15) is 5.82 Å². The van der Waals surface area contributed by atoms with Crippen molar-refractivity contribution in [2.24, 2.45) is 0 Å². The van der Waals surface area contributed by atoms with E-state index in [9.17, 15) is 4.39 Å². The summed E-state index contributed by atoms with van der Waals surface area (Å²) in [4.78, 5) is 2.37. The van der Waals surface area contributed by atoms with Crippen molar-refractivity contribution in [3.63, 3.8) is 0 Å². The van der Waals surface area contributed by atoms with E-state index in [4.69, 9.17) is 0 Å². The highest BCUT2D eigenvalue weighted by atomic mass is 19.1. The second-order valence-electron chi connectivity index (χ2n) is 5.34. The number of nitrogens with zero attached hydrogens (tertiary/aromatic N) is 2. The molecular formula is C15H19FN4. The molecule has 0 bridgehead atoms. The van der Waals surface area contributed by atoms with Crippen LogP contribution in [0.15, 0.2) is 30.5 Å². The molecule has 0 spiro atoms. The molecule has 0 amide bonds. The number of aromatic amines is 1. The number of halogens is 1. The van der Waals surface area contributed by atoms with Crippen molar-refractivity contribution in [1.82, 2.24) is 20.4 Å². The number of benzene rings is 1. The summed E-state index contributed by atoms with van der Waals surface area (Å²) in [6.07, 6.45) is 1.80. The van der Waals surface area contributed by atoms with Crippen LogP contribution in [0.2, 0.25) is 0 Å². The lowest BCUT2D eigenvalue weighted by Gasteiger charge is -2.31. The molecule has 1 aliphatic rings. The van der Waals surface area contributed by atoms with Gasteiger partial charge in [-0.05, 0) is 19.1 Å². The summed E-state index contributed by atoms with van der Waals surface area (Å²) in [5.74, 6) is -0.216. The Balaban J connectivity index is 1.82. The van der Waals surface area contributed by atoms with E-state index >= 15 is 0 Å². The van der Waals surface area contributed by atoms with E-state index in [1.165, 1.54) is 6.07 Å². The molecule has 1 atom stereocenters. The van der Waals surface area contributed by atoms with Crippen molar-refractivity contribution in [1.29, 1.82) is 0 Å². The number of hydrogen-bond donors (Lipinski definition) is 2. The molecule has 4 nitrogen and oxygen atoms in total. The molecule has 1 fully saturated rings. The number of hydrogen-bond acceptors (Lipinski definition) is 3. The van der Waals surface area contributed by atoms with Crippen LogP contribution in [-0.4, -0.2) is 40.8 Å². The predicted octanol–water partition coefficient (Wildman–Crippen LogP) is 2.01. The van der Waals surface area contributed by atoms with Gasteiger partial charge in [0, 0.05) is 43.3 Å². The lowest BCUT2D eigenvalue weighted by atomic mass is 10.1. The topological polar surface area (TPSA) is 44.0 Å². The van der Waals surface area contributed by atoms with Crippen molar-refractivity contribution in [2.75, 3.05) is 19.6 Å². The number of piperazine rings is 1. The van der Waals surface area contributed by atoms with Gasteiger partial charge >= 0.3 is 0 Å². The number of aromatic nitrogens is 2. The fourth-order valence-corrected chi connectivity index (χ4v) is 2.72. The van der Waals surface area contributed by atoms with Crippen LogP contribution >= 0.6 is 0 Å². The third kappa shape index (κ3) is 2.73. The highest BCUT2D eigenvalue weighted by Crippen LogP contribution is 2.25. The maximum atomic E-state index is 13.9. The van der Waals surface area contributed by atoms with Crippen LogP contribution in [-0.2, 0) is 6.54 Å². The maximum Gasteiger partial charge on any atom is 0.132 e. The molecule has 3 rings (SSSR count). The largest absolute Gasteiger partial charge is 0.312 e. The molecule has 20 heavy (non-hydrogen) atoms. The Labute approximate surface area is 118 Å². The minimum atomic E-state index is -0.216. The molecule has 0 saturated carbocycles. The van der Waals surface area contributed by atoms with Crippen LogP contribution < -0.4 is 5.32 Å². The van der Waals surface area contributed by atoms with Gasteiger partial charge in [-0.1, -0.05) is 12.1 Å². The molecule has 1 aromatic carbocycles. The standard InChI is InChI=1S/C15H19FN4/c1-11-9-20(7-6-17-11)10-12-8-18-19-15(12)13-4-2-3-5-14(13)16/h2-5,8,11,17H,6-7,9-10H2,1H3,(H,18,19). The van der Waals surface area contributed by atoms with Crippen molar-refractivity contribution in [2.45, 2.75) is 19.5 Å². The SMILES string of the molecule is CC1CN(Cc2cn[nH]c2-c2ccccc2F)CCN1. The van der Waals surface area contributed by atoms with Crippen molar-refractivity contribution in [3.8, 4) is 11.3 Å². The molecule has 0 radical (unpaired) electrons. The van der Waals surface area contributed by atoms with Gasteiger partial charge in [-0.3, -0.25) is 10.00 Å². The van der Waals surface area contributed by atoms with Crippen molar-refractivity contribution in [3.05, 3.63) is 41.8 Å². The summed E-state index contributed by atoms with van der Waals surface area (Å²) in [5, 5.41) is 10.4. The van der Waals surface area contributed by atoms with E-state index in [2.05, 4.69) is 27.3 Å². The van der Waals surface area contributed by atoms with Crippen LogP contribution in [0, 0.1) is 5.82 Å². The number of rotatable bonds is 3. The lowest BCUT2D eigenvalue weighted by molar-refractivity contribution is 0.200. The molecule has 5 heteroatoms. The third-order valence-corrected chi connectivity index (χ3v) is 3.71. The molecule has 1 saturated heterocycles. The summed E-state index contributed by atoms with van der Waals surface area (Å²) in [6.45, 7) is 5.98. The monoisotopic (exact) mass is 274 g/mol. The Morgan fingerprint density at radius 2 is 2.25 bits per heavy atom. The van der Waals surface area contributed by atoms with E-state index in [-0.39, 0.29) is 5.82 Å². The Morgan fingerprint density at radius 3 is 3.05 bits per heavy atom. The quantitative estimate of drug-likeness (QED) is 0.900. The van der Waals surface area contributed by atoms with Gasteiger partial charge in [-0.25, -0.2) is 4.39 Å². The average molecular weight is 274 g/mol. The first-order valence-electron chi connectivity index (χ1n) is 6.97. The predicted molar refractivity (Wildman–Crippen MR) is 76.7 cm³/mol. The zero-order chi connectivity index (χ0) is 13.9. The second kappa shape index (κ2) is 5.73. The van der Waals surface area contributed by atoms with Gasteiger partial charge in [0.05, 0.1) is 11.9 Å². The average Bonchev–Trinajstić information content (AvgIpc) is 2.87. The van der Waals surface area contributed by atoms with Crippen molar-refractivity contribution < 1.29 is 4.39 Å². The second-order valence-corrected chi connectivity index (χ2v) is 5.34.